The Morgan fingerprint density at radius 2 is 2.18 bits per heavy atom. The van der Waals surface area contributed by atoms with Crippen molar-refractivity contribution in [1.29, 1.82) is 0 Å². The number of carbonyl (C=O) groups excluding carboxylic acids is 1. The summed E-state index contributed by atoms with van der Waals surface area (Å²) in [5.74, 6) is -0.620. The predicted octanol–water partition coefficient (Wildman–Crippen LogP) is 2.69. The van der Waals surface area contributed by atoms with E-state index in [4.69, 9.17) is 4.74 Å². The normalized spacial score (nSPS) is 10.5. The van der Waals surface area contributed by atoms with Crippen LogP contribution in [0.4, 0.5) is 5.82 Å². The van der Waals surface area contributed by atoms with Crippen LogP contribution < -0.4 is 4.74 Å². The van der Waals surface area contributed by atoms with Gasteiger partial charge in [0.2, 0.25) is 11.5 Å². The second-order valence-corrected chi connectivity index (χ2v) is 4.82. The van der Waals surface area contributed by atoms with Crippen molar-refractivity contribution in [1.82, 2.24) is 9.55 Å². The van der Waals surface area contributed by atoms with Crippen LogP contribution in [0, 0.1) is 24.0 Å². The fourth-order valence-electron chi connectivity index (χ4n) is 2.42. The third-order valence-corrected chi connectivity index (χ3v) is 3.47. The van der Waals surface area contributed by atoms with Crippen LogP contribution in [0.25, 0.3) is 0 Å². The van der Waals surface area contributed by atoms with Crippen LogP contribution in [0.5, 0.6) is 5.75 Å². The van der Waals surface area contributed by atoms with Gasteiger partial charge in [-0.1, -0.05) is 0 Å². The number of ketones is 1. The minimum Gasteiger partial charge on any atom is -0.477 e. The molecule has 0 saturated heterocycles. The van der Waals surface area contributed by atoms with Gasteiger partial charge in [-0.05, 0) is 48.9 Å². The van der Waals surface area contributed by atoms with Crippen molar-refractivity contribution in [2.75, 3.05) is 6.61 Å². The number of hydrogen-bond donors (Lipinski definition) is 0. The first kappa shape index (κ1) is 15.7. The summed E-state index contributed by atoms with van der Waals surface area (Å²) < 4.78 is 7.32. The lowest BCUT2D eigenvalue weighted by Gasteiger charge is -2.07. The highest BCUT2D eigenvalue weighted by molar-refractivity contribution is 5.98. The summed E-state index contributed by atoms with van der Waals surface area (Å²) in [6.45, 7) is 6.32. The highest BCUT2D eigenvalue weighted by atomic mass is 16.6. The molecule has 0 atom stereocenters. The molecule has 0 unspecified atom stereocenters. The molecule has 22 heavy (non-hydrogen) atoms. The van der Waals surface area contributed by atoms with E-state index in [2.05, 4.69) is 4.98 Å². The topological polar surface area (TPSA) is 87.3 Å². The maximum absolute atomic E-state index is 12.3. The maximum atomic E-state index is 12.3. The van der Waals surface area contributed by atoms with Gasteiger partial charge in [0.05, 0.1) is 0 Å². The molecule has 0 amide bonds. The largest absolute Gasteiger partial charge is 0.477 e. The van der Waals surface area contributed by atoms with Crippen LogP contribution in [0.1, 0.15) is 28.7 Å². The zero-order valence-corrected chi connectivity index (χ0v) is 12.7. The molecule has 116 valence electrons. The first-order valence-electron chi connectivity index (χ1n) is 6.87. The van der Waals surface area contributed by atoms with Gasteiger partial charge in [-0.15, -0.1) is 0 Å². The van der Waals surface area contributed by atoms with Gasteiger partial charge < -0.3 is 19.4 Å². The average Bonchev–Trinajstić information content (AvgIpc) is 2.79. The SMILES string of the molecule is CCn1c(C)cc(C(=O)COc2cccnc2[N+](=O)[O-])c1C. The van der Waals surface area contributed by atoms with Crippen LogP contribution in [0.2, 0.25) is 0 Å². The molecule has 2 aromatic rings. The number of hydrogen-bond acceptors (Lipinski definition) is 5. The molecule has 0 fully saturated rings. The van der Waals surface area contributed by atoms with Crippen molar-refractivity contribution >= 4 is 11.6 Å². The van der Waals surface area contributed by atoms with Gasteiger partial charge in [0.25, 0.3) is 0 Å². The summed E-state index contributed by atoms with van der Waals surface area (Å²) in [4.78, 5) is 26.1. The van der Waals surface area contributed by atoms with E-state index in [1.54, 1.807) is 0 Å². The molecule has 7 heteroatoms. The Bertz CT molecular complexity index is 722. The molecule has 0 radical (unpaired) electrons. The minimum absolute atomic E-state index is 0.00912. The molecule has 0 aliphatic heterocycles. The average molecular weight is 303 g/mol. The molecule has 0 N–H and O–H groups in total. The minimum atomic E-state index is -0.636. The second kappa shape index (κ2) is 6.38. The van der Waals surface area contributed by atoms with Gasteiger partial charge in [-0.25, -0.2) is 0 Å². The Labute approximate surface area is 127 Å². The van der Waals surface area contributed by atoms with E-state index in [-0.39, 0.29) is 18.1 Å². The van der Waals surface area contributed by atoms with Gasteiger partial charge in [-0.2, -0.15) is 0 Å². The molecule has 2 heterocycles. The van der Waals surface area contributed by atoms with Gasteiger partial charge >= 0.3 is 5.82 Å². The van der Waals surface area contributed by atoms with Crippen molar-refractivity contribution in [2.45, 2.75) is 27.3 Å². The molecule has 2 aromatic heterocycles. The molecule has 0 aromatic carbocycles. The molecule has 0 bridgehead atoms. The van der Waals surface area contributed by atoms with Crippen LogP contribution >= 0.6 is 0 Å². The van der Waals surface area contributed by atoms with E-state index in [1.165, 1.54) is 18.3 Å². The number of rotatable bonds is 6. The van der Waals surface area contributed by atoms with Crippen molar-refractivity contribution in [3.63, 3.8) is 0 Å². The summed E-state index contributed by atoms with van der Waals surface area (Å²) in [7, 11) is 0. The molecule has 0 aliphatic carbocycles. The van der Waals surface area contributed by atoms with Crippen LogP contribution in [0.3, 0.4) is 0 Å². The van der Waals surface area contributed by atoms with Crippen LogP contribution in [-0.2, 0) is 6.54 Å². The lowest BCUT2D eigenvalue weighted by Crippen LogP contribution is -2.13. The summed E-state index contributed by atoms with van der Waals surface area (Å²) in [6.07, 6.45) is 1.31. The molecule has 0 spiro atoms. The Kier molecular flexibility index (Phi) is 4.55. The third-order valence-electron chi connectivity index (χ3n) is 3.47. The Morgan fingerprint density at radius 1 is 1.45 bits per heavy atom. The number of nitro groups is 1. The van der Waals surface area contributed by atoms with Crippen molar-refractivity contribution in [3.8, 4) is 5.75 Å². The number of ether oxygens (including phenoxy) is 1. The lowest BCUT2D eigenvalue weighted by atomic mass is 10.1. The molecular weight excluding hydrogens is 286 g/mol. The Hall–Kier alpha value is -2.70. The fourth-order valence-corrected chi connectivity index (χ4v) is 2.42. The molecule has 0 aliphatic rings. The van der Waals surface area contributed by atoms with E-state index in [0.717, 1.165) is 17.9 Å². The van der Waals surface area contributed by atoms with Gasteiger partial charge in [0, 0.05) is 23.5 Å². The Morgan fingerprint density at radius 3 is 2.77 bits per heavy atom. The zero-order valence-electron chi connectivity index (χ0n) is 12.7. The lowest BCUT2D eigenvalue weighted by molar-refractivity contribution is -0.390. The smallest absolute Gasteiger partial charge is 0.406 e. The number of nitrogens with zero attached hydrogens (tertiary/aromatic N) is 3. The second-order valence-electron chi connectivity index (χ2n) is 4.82. The highest BCUT2D eigenvalue weighted by Crippen LogP contribution is 2.23. The van der Waals surface area contributed by atoms with Crippen molar-refractivity contribution < 1.29 is 14.5 Å². The predicted molar refractivity (Wildman–Crippen MR) is 80.3 cm³/mol. The van der Waals surface area contributed by atoms with Crippen molar-refractivity contribution in [2.24, 2.45) is 0 Å². The van der Waals surface area contributed by atoms with Crippen LogP contribution in [-0.4, -0.2) is 26.9 Å². The third kappa shape index (κ3) is 2.98. The van der Waals surface area contributed by atoms with Gasteiger partial charge in [-0.3, -0.25) is 4.79 Å². The Balaban J connectivity index is 2.16. The quantitative estimate of drug-likeness (QED) is 0.465. The first-order valence-corrected chi connectivity index (χ1v) is 6.87. The van der Waals surface area contributed by atoms with E-state index in [0.29, 0.717) is 5.56 Å². The molecule has 0 saturated carbocycles. The van der Waals surface area contributed by atoms with Crippen molar-refractivity contribution in [3.05, 3.63) is 51.5 Å². The summed E-state index contributed by atoms with van der Waals surface area (Å²) >= 11 is 0. The van der Waals surface area contributed by atoms with E-state index in [9.17, 15) is 14.9 Å². The number of pyridine rings is 1. The molecule has 2 rings (SSSR count). The number of carbonyl (C=O) groups is 1. The number of aryl methyl sites for hydroxylation is 1. The van der Waals surface area contributed by atoms with Gasteiger partial charge in [0.15, 0.2) is 6.61 Å². The summed E-state index contributed by atoms with van der Waals surface area (Å²) in [5, 5.41) is 10.9. The monoisotopic (exact) mass is 303 g/mol. The number of Topliss-reactive ketones (excluding diaryl/α,β-unsaturated/α-hetero) is 1. The standard InChI is InChI=1S/C15H17N3O4/c1-4-17-10(2)8-12(11(17)3)13(19)9-22-14-6-5-7-16-15(14)18(20)21/h5-8H,4,9H2,1-3H3. The number of aromatic nitrogens is 2. The van der Waals surface area contributed by atoms with Gasteiger partial charge in [0.1, 0.15) is 6.20 Å². The first-order chi connectivity index (χ1) is 10.5. The van der Waals surface area contributed by atoms with E-state index >= 15 is 0 Å². The van der Waals surface area contributed by atoms with Crippen LogP contribution in [0.15, 0.2) is 24.4 Å². The summed E-state index contributed by atoms with van der Waals surface area (Å²) in [6, 6.07) is 4.76. The van der Waals surface area contributed by atoms with E-state index < -0.39 is 10.7 Å². The summed E-state index contributed by atoms with van der Waals surface area (Å²) in [5.41, 5.74) is 2.44. The zero-order chi connectivity index (χ0) is 16.3. The molecular formula is C15H17N3O4. The fraction of sp³-hybridized carbons (Fsp3) is 0.333. The highest BCUT2D eigenvalue weighted by Gasteiger charge is 2.19. The maximum Gasteiger partial charge on any atom is 0.406 e. The molecule has 7 nitrogen and oxygen atoms in total. The van der Waals surface area contributed by atoms with E-state index in [1.807, 2.05) is 31.4 Å².